The van der Waals surface area contributed by atoms with E-state index in [0.717, 1.165) is 11.3 Å². The summed E-state index contributed by atoms with van der Waals surface area (Å²) in [5, 5.41) is 11.7. The molecule has 0 radical (unpaired) electrons. The first-order valence-electron chi connectivity index (χ1n) is 8.97. The van der Waals surface area contributed by atoms with E-state index in [2.05, 4.69) is 15.5 Å². The van der Waals surface area contributed by atoms with E-state index in [1.54, 1.807) is 12.1 Å². The van der Waals surface area contributed by atoms with Crippen LogP contribution in [0.2, 0.25) is 0 Å². The highest BCUT2D eigenvalue weighted by molar-refractivity contribution is 8.01. The molecular weight excluding hydrogens is 395 g/mol. The number of benzene rings is 2. The van der Waals surface area contributed by atoms with Crippen molar-refractivity contribution in [3.05, 3.63) is 66.0 Å². The quantitative estimate of drug-likeness (QED) is 0.516. The summed E-state index contributed by atoms with van der Waals surface area (Å²) in [5.41, 5.74) is 1.67. The van der Waals surface area contributed by atoms with Crippen LogP contribution < -0.4 is 5.32 Å². The number of likely N-dealkylation sites (N-methyl/N-ethyl adjacent to an activating group) is 1. The van der Waals surface area contributed by atoms with E-state index < -0.39 is 0 Å². The second kappa shape index (κ2) is 9.66. The molecule has 0 spiro atoms. The number of rotatable bonds is 8. The molecule has 0 fully saturated rings. The summed E-state index contributed by atoms with van der Waals surface area (Å²) in [6.45, 7) is 5.27. The molecule has 1 aromatic heterocycles. The van der Waals surface area contributed by atoms with Crippen LogP contribution in [0.1, 0.15) is 24.7 Å². The summed E-state index contributed by atoms with van der Waals surface area (Å²) in [6, 6.07) is 15.7. The fourth-order valence-corrected chi connectivity index (χ4v) is 4.70. The molecule has 28 heavy (non-hydrogen) atoms. The zero-order valence-corrected chi connectivity index (χ0v) is 17.3. The van der Waals surface area contributed by atoms with Crippen LogP contribution in [0, 0.1) is 5.82 Å². The van der Waals surface area contributed by atoms with Crippen LogP contribution in [0.25, 0.3) is 0 Å². The van der Waals surface area contributed by atoms with Gasteiger partial charge < -0.3 is 10.2 Å². The summed E-state index contributed by atoms with van der Waals surface area (Å²) in [7, 11) is 0. The lowest BCUT2D eigenvalue weighted by Crippen LogP contribution is -2.33. The average Bonchev–Trinajstić information content (AvgIpc) is 3.16. The molecule has 1 heterocycles. The van der Waals surface area contributed by atoms with Crippen molar-refractivity contribution in [1.29, 1.82) is 0 Å². The van der Waals surface area contributed by atoms with Crippen molar-refractivity contribution in [2.45, 2.75) is 23.4 Å². The molecule has 5 nitrogen and oxygen atoms in total. The van der Waals surface area contributed by atoms with E-state index in [1.165, 1.54) is 35.2 Å². The van der Waals surface area contributed by atoms with Gasteiger partial charge in [0.1, 0.15) is 11.1 Å². The van der Waals surface area contributed by atoms with Crippen LogP contribution in [0.15, 0.2) is 58.9 Å². The van der Waals surface area contributed by atoms with E-state index in [9.17, 15) is 9.18 Å². The minimum absolute atomic E-state index is 0.0597. The van der Waals surface area contributed by atoms with Crippen molar-refractivity contribution in [2.75, 3.05) is 18.4 Å². The Balaban J connectivity index is 1.78. The van der Waals surface area contributed by atoms with Crippen molar-refractivity contribution < 1.29 is 9.18 Å². The van der Waals surface area contributed by atoms with Crippen LogP contribution in [0.4, 0.5) is 15.2 Å². The molecule has 3 aromatic rings. The minimum Gasteiger partial charge on any atom is -0.342 e. The molecule has 1 N–H and O–H groups in total. The summed E-state index contributed by atoms with van der Waals surface area (Å²) >= 11 is 2.76. The Morgan fingerprint density at radius 3 is 2.43 bits per heavy atom. The Morgan fingerprint density at radius 2 is 1.79 bits per heavy atom. The van der Waals surface area contributed by atoms with E-state index in [0.29, 0.717) is 22.6 Å². The first kappa shape index (κ1) is 20.3. The maximum absolute atomic E-state index is 13.1. The maximum atomic E-state index is 13.1. The van der Waals surface area contributed by atoms with Crippen LogP contribution in [-0.4, -0.2) is 34.1 Å². The fraction of sp³-hybridized carbons (Fsp3) is 0.250. The van der Waals surface area contributed by atoms with E-state index in [4.69, 9.17) is 0 Å². The largest absolute Gasteiger partial charge is 0.342 e. The van der Waals surface area contributed by atoms with Crippen molar-refractivity contribution in [3.63, 3.8) is 0 Å². The standard InChI is InChI=1S/C20H21FN4OS2/c1-3-25(4-2)18(26)17(14-8-6-5-7-9-14)27-20-24-23-19(28-20)22-16-12-10-15(21)11-13-16/h5-13,17H,3-4H2,1-2H3,(H,22,23). The molecule has 0 aliphatic carbocycles. The highest BCUT2D eigenvalue weighted by Crippen LogP contribution is 2.39. The van der Waals surface area contributed by atoms with E-state index in [-0.39, 0.29) is 17.0 Å². The number of hydrogen-bond donors (Lipinski definition) is 1. The average molecular weight is 417 g/mol. The topological polar surface area (TPSA) is 58.1 Å². The molecule has 3 rings (SSSR count). The van der Waals surface area contributed by atoms with Gasteiger partial charge in [-0.3, -0.25) is 4.79 Å². The predicted octanol–water partition coefficient (Wildman–Crippen LogP) is 5.12. The van der Waals surface area contributed by atoms with Gasteiger partial charge >= 0.3 is 0 Å². The van der Waals surface area contributed by atoms with Gasteiger partial charge in [0.05, 0.1) is 0 Å². The highest BCUT2D eigenvalue weighted by atomic mass is 32.2. The molecule has 0 saturated carbocycles. The third-order valence-electron chi connectivity index (χ3n) is 4.12. The molecule has 2 aromatic carbocycles. The zero-order valence-electron chi connectivity index (χ0n) is 15.6. The predicted molar refractivity (Wildman–Crippen MR) is 113 cm³/mol. The lowest BCUT2D eigenvalue weighted by atomic mass is 10.1. The van der Waals surface area contributed by atoms with Gasteiger partial charge in [0.15, 0.2) is 4.34 Å². The van der Waals surface area contributed by atoms with Crippen LogP contribution in [0.3, 0.4) is 0 Å². The van der Waals surface area contributed by atoms with Crippen molar-refractivity contribution >= 4 is 39.8 Å². The fourth-order valence-electron chi connectivity index (χ4n) is 2.66. The van der Waals surface area contributed by atoms with Gasteiger partial charge in [-0.1, -0.05) is 53.4 Å². The second-order valence-corrected chi connectivity index (χ2v) is 8.25. The van der Waals surface area contributed by atoms with Crippen LogP contribution in [0.5, 0.6) is 0 Å². The molecular formula is C20H21FN4OS2. The van der Waals surface area contributed by atoms with Crippen LogP contribution >= 0.6 is 23.1 Å². The number of carbonyl (C=O) groups is 1. The number of nitrogens with one attached hydrogen (secondary N) is 1. The smallest absolute Gasteiger partial charge is 0.240 e. The third kappa shape index (κ3) is 5.08. The highest BCUT2D eigenvalue weighted by Gasteiger charge is 2.27. The number of carbonyl (C=O) groups excluding carboxylic acids is 1. The molecule has 0 aliphatic heterocycles. The van der Waals surface area contributed by atoms with Gasteiger partial charge in [-0.25, -0.2) is 4.39 Å². The number of thioether (sulfide) groups is 1. The Kier molecular flexibility index (Phi) is 7.00. The van der Waals surface area contributed by atoms with Gasteiger partial charge in [0.2, 0.25) is 11.0 Å². The lowest BCUT2D eigenvalue weighted by molar-refractivity contribution is -0.130. The van der Waals surface area contributed by atoms with Gasteiger partial charge in [-0.2, -0.15) is 0 Å². The summed E-state index contributed by atoms with van der Waals surface area (Å²) in [5.74, 6) is -0.232. The van der Waals surface area contributed by atoms with Gasteiger partial charge in [0, 0.05) is 18.8 Å². The zero-order chi connectivity index (χ0) is 19.9. The summed E-state index contributed by atoms with van der Waals surface area (Å²) in [6.07, 6.45) is 0. The van der Waals surface area contributed by atoms with Gasteiger partial charge in [-0.15, -0.1) is 10.2 Å². The van der Waals surface area contributed by atoms with E-state index >= 15 is 0 Å². The molecule has 1 amide bonds. The minimum atomic E-state index is -0.382. The van der Waals surface area contributed by atoms with Gasteiger partial charge in [-0.05, 0) is 43.7 Å². The number of anilines is 2. The summed E-state index contributed by atoms with van der Waals surface area (Å²) in [4.78, 5) is 14.9. The lowest BCUT2D eigenvalue weighted by Gasteiger charge is -2.24. The Labute approximate surface area is 172 Å². The summed E-state index contributed by atoms with van der Waals surface area (Å²) < 4.78 is 13.7. The monoisotopic (exact) mass is 416 g/mol. The third-order valence-corrected chi connectivity index (χ3v) is 6.29. The number of hydrogen-bond acceptors (Lipinski definition) is 6. The Morgan fingerprint density at radius 1 is 1.11 bits per heavy atom. The SMILES string of the molecule is CCN(CC)C(=O)C(Sc1nnc(Nc2ccc(F)cc2)s1)c1ccccc1. The maximum Gasteiger partial charge on any atom is 0.240 e. The molecule has 1 unspecified atom stereocenters. The van der Waals surface area contributed by atoms with Crippen molar-refractivity contribution in [1.82, 2.24) is 15.1 Å². The van der Waals surface area contributed by atoms with Gasteiger partial charge in [0.25, 0.3) is 0 Å². The van der Waals surface area contributed by atoms with E-state index in [1.807, 2.05) is 49.1 Å². The number of nitrogens with zero attached hydrogens (tertiary/aromatic N) is 3. The Bertz CT molecular complexity index is 898. The molecule has 0 aliphatic rings. The van der Waals surface area contributed by atoms with Crippen molar-refractivity contribution in [2.24, 2.45) is 0 Å². The second-order valence-electron chi connectivity index (χ2n) is 5.92. The first-order chi connectivity index (χ1) is 13.6. The van der Waals surface area contributed by atoms with Crippen LogP contribution in [-0.2, 0) is 4.79 Å². The number of amides is 1. The number of aromatic nitrogens is 2. The number of halogens is 1. The molecule has 0 saturated heterocycles. The molecule has 1 atom stereocenters. The molecule has 0 bridgehead atoms. The molecule has 146 valence electrons. The van der Waals surface area contributed by atoms with Crippen molar-refractivity contribution in [3.8, 4) is 0 Å². The first-order valence-corrected chi connectivity index (χ1v) is 10.7. The normalized spacial score (nSPS) is 11.8. The molecule has 8 heteroatoms. The Hall–Kier alpha value is -2.45.